The van der Waals surface area contributed by atoms with Crippen molar-refractivity contribution in [2.45, 2.75) is 90.8 Å². The highest BCUT2D eigenvalue weighted by Crippen LogP contribution is 2.24. The standard InChI is InChI=1S/C30H43N3O4S/c1-6-28(30(35)31-26-14-8-7-9-15-26)32(20-25-13-11-10-12-23(25)4)29(34)21-33(38(5,36)37)27-18-16-24(17-19-27)22(2)3/h10-13,16-19,22,26,28H,6-9,14-15,20-21H2,1-5H3,(H,31,35). The highest BCUT2D eigenvalue weighted by Gasteiger charge is 2.33. The summed E-state index contributed by atoms with van der Waals surface area (Å²) >= 11 is 0. The minimum Gasteiger partial charge on any atom is -0.352 e. The van der Waals surface area contributed by atoms with Gasteiger partial charge in [-0.1, -0.05) is 76.4 Å². The van der Waals surface area contributed by atoms with Crippen molar-refractivity contribution < 1.29 is 18.0 Å². The molecule has 1 saturated carbocycles. The summed E-state index contributed by atoms with van der Waals surface area (Å²) in [6.45, 7) is 7.85. The van der Waals surface area contributed by atoms with Crippen LogP contribution in [0.25, 0.3) is 0 Å². The molecular formula is C30H43N3O4S. The first-order valence-electron chi connectivity index (χ1n) is 13.7. The Kier molecular flexibility index (Phi) is 10.4. The van der Waals surface area contributed by atoms with Gasteiger partial charge in [-0.15, -0.1) is 0 Å². The first kappa shape index (κ1) is 29.7. The molecule has 38 heavy (non-hydrogen) atoms. The van der Waals surface area contributed by atoms with Gasteiger partial charge in [-0.25, -0.2) is 8.42 Å². The minimum atomic E-state index is -3.75. The van der Waals surface area contributed by atoms with E-state index >= 15 is 0 Å². The van der Waals surface area contributed by atoms with E-state index in [9.17, 15) is 18.0 Å². The van der Waals surface area contributed by atoms with Crippen molar-refractivity contribution in [3.05, 3.63) is 65.2 Å². The molecule has 1 unspecified atom stereocenters. The number of sulfonamides is 1. The molecule has 7 nitrogen and oxygen atoms in total. The number of amides is 2. The molecule has 1 aliphatic rings. The van der Waals surface area contributed by atoms with Crippen molar-refractivity contribution in [3.8, 4) is 0 Å². The normalized spacial score (nSPS) is 15.2. The number of nitrogens with zero attached hydrogens (tertiary/aromatic N) is 2. The lowest BCUT2D eigenvalue weighted by molar-refractivity contribution is -0.140. The first-order valence-corrected chi connectivity index (χ1v) is 15.6. The summed E-state index contributed by atoms with van der Waals surface area (Å²) in [6, 6.07) is 14.4. The van der Waals surface area contributed by atoms with Gasteiger partial charge >= 0.3 is 0 Å². The largest absolute Gasteiger partial charge is 0.352 e. The van der Waals surface area contributed by atoms with Gasteiger partial charge in [-0.3, -0.25) is 13.9 Å². The number of hydrogen-bond donors (Lipinski definition) is 1. The van der Waals surface area contributed by atoms with Crippen molar-refractivity contribution >= 4 is 27.5 Å². The summed E-state index contributed by atoms with van der Waals surface area (Å²) in [6.07, 6.45) is 6.79. The minimum absolute atomic E-state index is 0.118. The van der Waals surface area contributed by atoms with E-state index in [2.05, 4.69) is 19.2 Å². The fourth-order valence-corrected chi connectivity index (χ4v) is 5.92. The molecule has 2 amide bonds. The number of carbonyl (C=O) groups is 2. The van der Waals surface area contributed by atoms with Crippen LogP contribution in [0.2, 0.25) is 0 Å². The fourth-order valence-electron chi connectivity index (χ4n) is 5.07. The third kappa shape index (κ3) is 7.82. The zero-order chi connectivity index (χ0) is 27.9. The van der Waals surface area contributed by atoms with E-state index in [1.807, 2.05) is 50.2 Å². The highest BCUT2D eigenvalue weighted by molar-refractivity contribution is 7.92. The Morgan fingerprint density at radius 2 is 1.63 bits per heavy atom. The number of aryl methyl sites for hydroxylation is 1. The predicted octanol–water partition coefficient (Wildman–Crippen LogP) is 5.14. The van der Waals surface area contributed by atoms with Gasteiger partial charge in [0, 0.05) is 12.6 Å². The van der Waals surface area contributed by atoms with Crippen LogP contribution in [0.1, 0.15) is 81.9 Å². The third-order valence-corrected chi connectivity index (χ3v) is 8.61. The van der Waals surface area contributed by atoms with Crippen LogP contribution in [0, 0.1) is 6.92 Å². The smallest absolute Gasteiger partial charge is 0.244 e. The van der Waals surface area contributed by atoms with E-state index in [0.717, 1.165) is 52.9 Å². The molecule has 0 radical (unpaired) electrons. The van der Waals surface area contributed by atoms with Crippen LogP contribution in [-0.2, 0) is 26.2 Å². The maximum absolute atomic E-state index is 13.9. The summed E-state index contributed by atoms with van der Waals surface area (Å²) in [5.41, 5.74) is 3.45. The van der Waals surface area contributed by atoms with Gasteiger partial charge in [-0.05, 0) is 60.9 Å². The van der Waals surface area contributed by atoms with Crippen LogP contribution in [-0.4, -0.2) is 50.0 Å². The average molecular weight is 542 g/mol. The van der Waals surface area contributed by atoms with Crippen LogP contribution >= 0.6 is 0 Å². The van der Waals surface area contributed by atoms with Gasteiger partial charge < -0.3 is 10.2 Å². The van der Waals surface area contributed by atoms with E-state index < -0.39 is 22.0 Å². The van der Waals surface area contributed by atoms with E-state index in [1.165, 1.54) is 6.42 Å². The van der Waals surface area contributed by atoms with Gasteiger partial charge in [0.15, 0.2) is 0 Å². The van der Waals surface area contributed by atoms with Gasteiger partial charge in [0.05, 0.1) is 11.9 Å². The number of carbonyl (C=O) groups excluding carboxylic acids is 2. The van der Waals surface area contributed by atoms with Crippen LogP contribution in [0.5, 0.6) is 0 Å². The molecule has 208 valence electrons. The van der Waals surface area contributed by atoms with Crippen LogP contribution in [0.3, 0.4) is 0 Å². The molecule has 1 atom stereocenters. The Morgan fingerprint density at radius 3 is 2.18 bits per heavy atom. The first-order chi connectivity index (χ1) is 18.0. The lowest BCUT2D eigenvalue weighted by atomic mass is 9.95. The van der Waals surface area contributed by atoms with Crippen LogP contribution in [0.15, 0.2) is 48.5 Å². The molecule has 8 heteroatoms. The predicted molar refractivity (Wildman–Crippen MR) is 154 cm³/mol. The zero-order valence-electron chi connectivity index (χ0n) is 23.4. The zero-order valence-corrected chi connectivity index (χ0v) is 24.3. The molecular weight excluding hydrogens is 498 g/mol. The maximum Gasteiger partial charge on any atom is 0.244 e. The van der Waals surface area contributed by atoms with Crippen molar-refractivity contribution in [2.24, 2.45) is 0 Å². The quantitative estimate of drug-likeness (QED) is 0.427. The van der Waals surface area contributed by atoms with Crippen LogP contribution < -0.4 is 9.62 Å². The summed E-state index contributed by atoms with van der Waals surface area (Å²) in [5.74, 6) is -0.277. The van der Waals surface area contributed by atoms with Crippen molar-refractivity contribution in [1.29, 1.82) is 0 Å². The second-order valence-electron chi connectivity index (χ2n) is 10.7. The molecule has 0 heterocycles. The molecule has 1 aliphatic carbocycles. The number of rotatable bonds is 11. The second-order valence-corrected chi connectivity index (χ2v) is 12.6. The lowest BCUT2D eigenvalue weighted by Gasteiger charge is -2.34. The molecule has 0 saturated heterocycles. The summed E-state index contributed by atoms with van der Waals surface area (Å²) in [5, 5.41) is 3.17. The SMILES string of the molecule is CCC(C(=O)NC1CCCCC1)N(Cc1ccccc1C)C(=O)CN(c1ccc(C(C)C)cc1)S(C)(=O)=O. The van der Waals surface area contributed by atoms with E-state index in [0.29, 0.717) is 18.0 Å². The molecule has 1 N–H and O–H groups in total. The van der Waals surface area contributed by atoms with Gasteiger partial charge in [0.2, 0.25) is 21.8 Å². The second kappa shape index (κ2) is 13.3. The molecule has 0 aromatic heterocycles. The van der Waals surface area contributed by atoms with Crippen LogP contribution in [0.4, 0.5) is 5.69 Å². The lowest BCUT2D eigenvalue weighted by Crippen LogP contribution is -2.54. The molecule has 2 aromatic carbocycles. The van der Waals surface area contributed by atoms with Crippen molar-refractivity contribution in [3.63, 3.8) is 0 Å². The van der Waals surface area contributed by atoms with E-state index in [1.54, 1.807) is 17.0 Å². The number of nitrogens with one attached hydrogen (secondary N) is 1. The summed E-state index contributed by atoms with van der Waals surface area (Å²) < 4.78 is 26.8. The maximum atomic E-state index is 13.9. The molecule has 0 bridgehead atoms. The molecule has 2 aromatic rings. The van der Waals surface area contributed by atoms with Gasteiger partial charge in [0.1, 0.15) is 12.6 Å². The fraction of sp³-hybridized carbons (Fsp3) is 0.533. The summed E-state index contributed by atoms with van der Waals surface area (Å²) in [7, 11) is -3.75. The molecule has 3 rings (SSSR count). The number of anilines is 1. The number of benzene rings is 2. The Morgan fingerprint density at radius 1 is 1.00 bits per heavy atom. The van der Waals surface area contributed by atoms with Gasteiger partial charge in [-0.2, -0.15) is 0 Å². The van der Waals surface area contributed by atoms with Crippen molar-refractivity contribution in [1.82, 2.24) is 10.2 Å². The van der Waals surface area contributed by atoms with Crippen molar-refractivity contribution in [2.75, 3.05) is 17.1 Å². The highest BCUT2D eigenvalue weighted by atomic mass is 32.2. The molecule has 1 fully saturated rings. The molecule has 0 spiro atoms. The third-order valence-electron chi connectivity index (χ3n) is 7.47. The Hall–Kier alpha value is -2.87. The topological polar surface area (TPSA) is 86.8 Å². The number of hydrogen-bond acceptors (Lipinski definition) is 4. The Balaban J connectivity index is 1.92. The average Bonchev–Trinajstić information content (AvgIpc) is 2.88. The Bertz CT molecular complexity index is 1190. The van der Waals surface area contributed by atoms with E-state index in [-0.39, 0.29) is 25.0 Å². The Labute approximate surface area is 228 Å². The summed E-state index contributed by atoms with van der Waals surface area (Å²) in [4.78, 5) is 28.9. The van der Waals surface area contributed by atoms with Gasteiger partial charge in [0.25, 0.3) is 0 Å². The monoisotopic (exact) mass is 541 g/mol. The molecule has 0 aliphatic heterocycles. The van der Waals surface area contributed by atoms with E-state index in [4.69, 9.17) is 0 Å².